The van der Waals surface area contributed by atoms with Gasteiger partial charge in [0, 0.05) is 25.0 Å². The Morgan fingerprint density at radius 3 is 1.91 bits per heavy atom. The summed E-state index contributed by atoms with van der Waals surface area (Å²) in [5, 5.41) is 35.9. The molecular formula is C30H50N6O7. The van der Waals surface area contributed by atoms with Gasteiger partial charge < -0.3 is 25.1 Å². The third-order valence-corrected chi connectivity index (χ3v) is 6.85. The van der Waals surface area contributed by atoms with Gasteiger partial charge in [-0.05, 0) is 40.0 Å². The Bertz CT molecular complexity index is 1060. The van der Waals surface area contributed by atoms with Gasteiger partial charge in [-0.3, -0.25) is 4.79 Å². The molecule has 0 saturated heterocycles. The highest BCUT2D eigenvalue weighted by molar-refractivity contribution is 5.85. The highest BCUT2D eigenvalue weighted by Gasteiger charge is 2.27. The molecule has 0 aliphatic rings. The predicted octanol–water partition coefficient (Wildman–Crippen LogP) is 4.68. The predicted molar refractivity (Wildman–Crippen MR) is 159 cm³/mol. The number of rotatable bonds is 22. The van der Waals surface area contributed by atoms with Gasteiger partial charge in [0.1, 0.15) is 11.6 Å². The summed E-state index contributed by atoms with van der Waals surface area (Å²) in [4.78, 5) is 42.4. The molecular weight excluding hydrogens is 556 g/mol. The number of carbonyl (C=O) groups excluding carboxylic acids is 3. The molecule has 2 heterocycles. The van der Waals surface area contributed by atoms with Gasteiger partial charge in [-0.2, -0.15) is 5.21 Å². The zero-order valence-corrected chi connectivity index (χ0v) is 26.0. The van der Waals surface area contributed by atoms with E-state index in [2.05, 4.69) is 25.9 Å². The van der Waals surface area contributed by atoms with E-state index in [4.69, 9.17) is 9.57 Å². The molecule has 1 amide bonds. The average molecular weight is 607 g/mol. The highest BCUT2D eigenvalue weighted by Crippen LogP contribution is 2.19. The lowest BCUT2D eigenvalue weighted by Gasteiger charge is -2.24. The van der Waals surface area contributed by atoms with Gasteiger partial charge in [0.2, 0.25) is 17.7 Å². The van der Waals surface area contributed by atoms with Crippen molar-refractivity contribution in [1.82, 2.24) is 30.7 Å². The number of aryl methyl sites for hydroxylation is 1. The fraction of sp³-hybridized carbons (Fsp3) is 0.733. The Hall–Kier alpha value is -3.64. The monoisotopic (exact) mass is 606 g/mol. The number of nitrogens with one attached hydrogen (secondary N) is 2. The first-order valence-corrected chi connectivity index (χ1v) is 15.6. The van der Waals surface area contributed by atoms with Crippen LogP contribution in [0.2, 0.25) is 0 Å². The molecule has 0 aromatic carbocycles. The maximum Gasteiger partial charge on any atom is 0.333 e. The topological polar surface area (TPSA) is 182 Å². The number of esters is 1. The zero-order chi connectivity index (χ0) is 31.5. The number of hydrogen-bond acceptors (Lipinski definition) is 10. The number of aromatic nitrogens is 5. The SMILES string of the molecule is CC(C)(C)OC(=O)[C@@H](CCC(=O)On1c(O)ccc1O)NC(=O)CCCCCCCCCCCCCCCc1nn[nH]n1. The zero-order valence-electron chi connectivity index (χ0n) is 26.0. The molecule has 2 aromatic rings. The molecule has 13 nitrogen and oxygen atoms in total. The van der Waals surface area contributed by atoms with E-state index in [1.807, 2.05) is 0 Å². The summed E-state index contributed by atoms with van der Waals surface area (Å²) in [5.41, 5.74) is -0.763. The quantitative estimate of drug-likeness (QED) is 0.108. The van der Waals surface area contributed by atoms with Crippen molar-refractivity contribution in [3.63, 3.8) is 0 Å². The summed E-state index contributed by atoms with van der Waals surface area (Å²) in [7, 11) is 0. The first-order chi connectivity index (χ1) is 20.5. The van der Waals surface area contributed by atoms with Crippen molar-refractivity contribution in [3.8, 4) is 11.8 Å². The molecule has 0 saturated carbocycles. The van der Waals surface area contributed by atoms with E-state index in [-0.39, 0.29) is 25.2 Å². The number of amides is 1. The van der Waals surface area contributed by atoms with Crippen molar-refractivity contribution in [2.45, 2.75) is 142 Å². The number of H-pyrrole nitrogens is 1. The van der Waals surface area contributed by atoms with Crippen LogP contribution in [0.3, 0.4) is 0 Å². The molecule has 43 heavy (non-hydrogen) atoms. The lowest BCUT2D eigenvalue weighted by Crippen LogP contribution is -2.44. The van der Waals surface area contributed by atoms with E-state index < -0.39 is 35.3 Å². The Kier molecular flexibility index (Phi) is 16.1. The normalized spacial score (nSPS) is 12.2. The second-order valence-electron chi connectivity index (χ2n) is 11.9. The van der Waals surface area contributed by atoms with Gasteiger partial charge in [0.25, 0.3) is 0 Å². The minimum Gasteiger partial charge on any atom is -0.492 e. The molecule has 0 radical (unpaired) electrons. The lowest BCUT2D eigenvalue weighted by atomic mass is 10.0. The van der Waals surface area contributed by atoms with Gasteiger partial charge in [-0.1, -0.05) is 75.8 Å². The Morgan fingerprint density at radius 2 is 1.40 bits per heavy atom. The summed E-state index contributed by atoms with van der Waals surface area (Å²) < 4.78 is 6.00. The molecule has 2 aromatic heterocycles. The fourth-order valence-corrected chi connectivity index (χ4v) is 4.59. The van der Waals surface area contributed by atoms with Crippen molar-refractivity contribution < 1.29 is 34.2 Å². The minimum atomic E-state index is -1.03. The largest absolute Gasteiger partial charge is 0.492 e. The van der Waals surface area contributed by atoms with Crippen molar-refractivity contribution in [3.05, 3.63) is 18.0 Å². The molecule has 1 atom stereocenters. The standard InChI is InChI=1S/C30H50N6O7/c1-30(2,3)42-29(41)23(19-22-28(40)43-36-26(38)20-21-27(36)39)31-25(37)18-16-14-12-10-8-6-4-5-7-9-11-13-15-17-24-32-34-35-33-24/h20-21,23,38-39H,4-19,22H2,1-3H3,(H,31,37)(H,32,33,34,35)/t23-/m1/s1. The van der Waals surface area contributed by atoms with E-state index in [0.29, 0.717) is 11.2 Å². The van der Waals surface area contributed by atoms with E-state index >= 15 is 0 Å². The van der Waals surface area contributed by atoms with Crippen LogP contribution in [-0.4, -0.2) is 65.1 Å². The van der Waals surface area contributed by atoms with Gasteiger partial charge >= 0.3 is 11.9 Å². The maximum atomic E-state index is 12.7. The smallest absolute Gasteiger partial charge is 0.333 e. The Morgan fingerprint density at radius 1 is 0.860 bits per heavy atom. The summed E-state index contributed by atoms with van der Waals surface area (Å²) in [6.45, 7) is 5.16. The second-order valence-corrected chi connectivity index (χ2v) is 11.9. The molecule has 0 aliphatic heterocycles. The van der Waals surface area contributed by atoms with Crippen LogP contribution in [-0.2, 0) is 25.5 Å². The van der Waals surface area contributed by atoms with Crippen molar-refractivity contribution in [1.29, 1.82) is 0 Å². The third-order valence-electron chi connectivity index (χ3n) is 6.85. The molecule has 2 rings (SSSR count). The Labute approximate surface area is 254 Å². The van der Waals surface area contributed by atoms with Gasteiger partial charge in [0.15, 0.2) is 5.82 Å². The molecule has 0 aliphatic carbocycles. The number of carbonyl (C=O) groups is 3. The van der Waals surface area contributed by atoms with Crippen LogP contribution in [0, 0.1) is 0 Å². The molecule has 13 heteroatoms. The van der Waals surface area contributed by atoms with Crippen molar-refractivity contribution >= 4 is 17.8 Å². The number of ether oxygens (including phenoxy) is 1. The van der Waals surface area contributed by atoms with Crippen LogP contribution < -0.4 is 10.2 Å². The van der Waals surface area contributed by atoms with E-state index in [0.717, 1.165) is 37.9 Å². The van der Waals surface area contributed by atoms with Crippen LogP contribution in [0.1, 0.15) is 129 Å². The van der Waals surface area contributed by atoms with Crippen LogP contribution in [0.25, 0.3) is 0 Å². The van der Waals surface area contributed by atoms with Crippen LogP contribution in [0.15, 0.2) is 12.1 Å². The number of hydrogen-bond donors (Lipinski definition) is 4. The third kappa shape index (κ3) is 16.0. The maximum absolute atomic E-state index is 12.7. The number of unbranched alkanes of at least 4 members (excludes halogenated alkanes) is 12. The number of aromatic hydroxyl groups is 2. The number of nitrogens with zero attached hydrogens (tertiary/aromatic N) is 4. The average Bonchev–Trinajstić information content (AvgIpc) is 3.57. The first kappa shape index (κ1) is 35.6. The lowest BCUT2D eigenvalue weighted by molar-refractivity contribution is -0.159. The van der Waals surface area contributed by atoms with Crippen LogP contribution in [0.5, 0.6) is 11.8 Å². The Balaban J connectivity index is 1.53. The van der Waals surface area contributed by atoms with E-state index in [1.54, 1.807) is 20.8 Å². The molecule has 0 unspecified atom stereocenters. The van der Waals surface area contributed by atoms with Crippen LogP contribution >= 0.6 is 0 Å². The summed E-state index contributed by atoms with van der Waals surface area (Å²) in [6, 6.07) is 1.31. The molecule has 0 spiro atoms. The minimum absolute atomic E-state index is 0.0518. The molecule has 4 N–H and O–H groups in total. The van der Waals surface area contributed by atoms with E-state index in [1.165, 1.54) is 63.5 Å². The van der Waals surface area contributed by atoms with Gasteiger partial charge in [0.05, 0.1) is 6.42 Å². The fourth-order valence-electron chi connectivity index (χ4n) is 4.59. The molecule has 242 valence electrons. The molecule has 0 fully saturated rings. The number of tetrazole rings is 1. The van der Waals surface area contributed by atoms with Crippen molar-refractivity contribution in [2.75, 3.05) is 0 Å². The summed E-state index contributed by atoms with van der Waals surface area (Å²) >= 11 is 0. The second kappa shape index (κ2) is 19.5. The van der Waals surface area contributed by atoms with E-state index in [9.17, 15) is 24.6 Å². The highest BCUT2D eigenvalue weighted by atomic mass is 16.7. The van der Waals surface area contributed by atoms with Crippen LogP contribution in [0.4, 0.5) is 0 Å². The summed E-state index contributed by atoms with van der Waals surface area (Å²) in [5.74, 6) is -1.81. The summed E-state index contributed by atoms with van der Waals surface area (Å²) in [6.07, 6.45) is 15.8. The van der Waals surface area contributed by atoms with Gasteiger partial charge in [-0.25, -0.2) is 9.59 Å². The molecule has 0 bridgehead atoms. The first-order valence-electron chi connectivity index (χ1n) is 15.6. The number of aromatic amines is 1. The van der Waals surface area contributed by atoms with Gasteiger partial charge in [-0.15, -0.1) is 14.9 Å². The van der Waals surface area contributed by atoms with Crippen molar-refractivity contribution in [2.24, 2.45) is 0 Å².